The van der Waals surface area contributed by atoms with E-state index >= 15 is 0 Å². The molecule has 0 bridgehead atoms. The fourth-order valence-electron chi connectivity index (χ4n) is 2.73. The zero-order chi connectivity index (χ0) is 13.6. The molecule has 1 aromatic carbocycles. The summed E-state index contributed by atoms with van der Waals surface area (Å²) < 4.78 is 1.67. The fourth-order valence-corrected chi connectivity index (χ4v) is 2.73. The molecular weight excluding hydrogens is 236 g/mol. The molecule has 0 atom stereocenters. The van der Waals surface area contributed by atoms with Crippen LogP contribution in [-0.2, 0) is 20.1 Å². The molecule has 0 radical (unpaired) electrons. The molecule has 0 saturated heterocycles. The molecule has 2 aromatic rings. The van der Waals surface area contributed by atoms with Crippen LogP contribution >= 0.6 is 0 Å². The summed E-state index contributed by atoms with van der Waals surface area (Å²) in [6.07, 6.45) is 1.94. The van der Waals surface area contributed by atoms with Gasteiger partial charge < -0.3 is 9.88 Å². The molecule has 3 heteroatoms. The third kappa shape index (κ3) is 1.90. The Balaban J connectivity index is 2.20. The van der Waals surface area contributed by atoms with Crippen molar-refractivity contribution in [3.8, 4) is 11.1 Å². The van der Waals surface area contributed by atoms with E-state index in [0.29, 0.717) is 0 Å². The standard InChI is InChI=1S/C16H18N2O/c1-10-11(2)16(19)18(3)9-15(10)12-4-5-13-7-17-8-14(13)6-12/h4-6,9,17H,7-8H2,1-3H3. The van der Waals surface area contributed by atoms with Crippen LogP contribution in [0.5, 0.6) is 0 Å². The van der Waals surface area contributed by atoms with E-state index in [4.69, 9.17) is 0 Å². The summed E-state index contributed by atoms with van der Waals surface area (Å²) in [6.45, 7) is 5.82. The van der Waals surface area contributed by atoms with Gasteiger partial charge in [0, 0.05) is 37.5 Å². The lowest BCUT2D eigenvalue weighted by molar-refractivity contribution is 0.765. The first kappa shape index (κ1) is 12.2. The van der Waals surface area contributed by atoms with E-state index in [-0.39, 0.29) is 5.56 Å². The van der Waals surface area contributed by atoms with Crippen molar-refractivity contribution in [1.82, 2.24) is 9.88 Å². The molecule has 98 valence electrons. The first-order valence-electron chi connectivity index (χ1n) is 6.57. The first-order chi connectivity index (χ1) is 9.08. The van der Waals surface area contributed by atoms with Crippen molar-refractivity contribution in [2.45, 2.75) is 26.9 Å². The number of aromatic nitrogens is 1. The Labute approximate surface area is 112 Å². The van der Waals surface area contributed by atoms with Crippen molar-refractivity contribution in [3.63, 3.8) is 0 Å². The minimum Gasteiger partial charge on any atom is -0.318 e. The quantitative estimate of drug-likeness (QED) is 0.847. The number of aryl methyl sites for hydroxylation is 1. The van der Waals surface area contributed by atoms with Crippen molar-refractivity contribution in [3.05, 3.63) is 57.0 Å². The van der Waals surface area contributed by atoms with Crippen LogP contribution in [-0.4, -0.2) is 4.57 Å². The average Bonchev–Trinajstić information content (AvgIpc) is 2.87. The Morgan fingerprint density at radius 3 is 2.63 bits per heavy atom. The molecule has 19 heavy (non-hydrogen) atoms. The molecule has 1 aliphatic rings. The van der Waals surface area contributed by atoms with Crippen LogP contribution in [0.15, 0.2) is 29.2 Å². The zero-order valence-corrected chi connectivity index (χ0v) is 11.6. The topological polar surface area (TPSA) is 34.0 Å². The molecule has 0 aliphatic carbocycles. The van der Waals surface area contributed by atoms with E-state index in [1.165, 1.54) is 16.7 Å². The predicted molar refractivity (Wildman–Crippen MR) is 77.1 cm³/mol. The maximum Gasteiger partial charge on any atom is 0.253 e. The van der Waals surface area contributed by atoms with Gasteiger partial charge in [0.2, 0.25) is 0 Å². The van der Waals surface area contributed by atoms with Crippen LogP contribution in [0.25, 0.3) is 11.1 Å². The molecule has 0 spiro atoms. The fraction of sp³-hybridized carbons (Fsp3) is 0.312. The highest BCUT2D eigenvalue weighted by molar-refractivity contribution is 5.68. The van der Waals surface area contributed by atoms with Gasteiger partial charge in [0.05, 0.1) is 0 Å². The minimum atomic E-state index is 0.0871. The molecule has 0 saturated carbocycles. The second kappa shape index (κ2) is 4.35. The Kier molecular flexibility index (Phi) is 2.79. The molecule has 1 N–H and O–H groups in total. The maximum atomic E-state index is 11.9. The second-order valence-electron chi connectivity index (χ2n) is 5.30. The number of hydrogen-bond donors (Lipinski definition) is 1. The van der Waals surface area contributed by atoms with Gasteiger partial charge in [-0.15, -0.1) is 0 Å². The molecule has 1 aromatic heterocycles. The van der Waals surface area contributed by atoms with Gasteiger partial charge >= 0.3 is 0 Å². The third-order valence-corrected chi connectivity index (χ3v) is 4.08. The average molecular weight is 254 g/mol. The van der Waals surface area contributed by atoms with E-state index in [9.17, 15) is 4.79 Å². The van der Waals surface area contributed by atoms with Gasteiger partial charge in [-0.05, 0) is 42.2 Å². The first-order valence-corrected chi connectivity index (χ1v) is 6.57. The van der Waals surface area contributed by atoms with Gasteiger partial charge in [-0.25, -0.2) is 0 Å². The van der Waals surface area contributed by atoms with Crippen LogP contribution in [0.1, 0.15) is 22.3 Å². The largest absolute Gasteiger partial charge is 0.318 e. The number of hydrogen-bond acceptors (Lipinski definition) is 2. The number of pyridine rings is 1. The summed E-state index contributed by atoms with van der Waals surface area (Å²) in [6, 6.07) is 6.57. The molecule has 0 unspecified atom stereocenters. The molecular formula is C16H18N2O. The predicted octanol–water partition coefficient (Wildman–Crippen LogP) is 2.27. The summed E-state index contributed by atoms with van der Waals surface area (Å²) in [4.78, 5) is 11.9. The van der Waals surface area contributed by atoms with Gasteiger partial charge in [0.1, 0.15) is 0 Å². The van der Waals surface area contributed by atoms with Crippen molar-refractivity contribution in [1.29, 1.82) is 0 Å². The third-order valence-electron chi connectivity index (χ3n) is 4.08. The monoisotopic (exact) mass is 254 g/mol. The highest BCUT2D eigenvalue weighted by Crippen LogP contribution is 2.27. The molecule has 0 fully saturated rings. The Morgan fingerprint density at radius 2 is 1.84 bits per heavy atom. The zero-order valence-electron chi connectivity index (χ0n) is 11.6. The lowest BCUT2D eigenvalue weighted by Crippen LogP contribution is -2.20. The van der Waals surface area contributed by atoms with Gasteiger partial charge in [0.15, 0.2) is 0 Å². The van der Waals surface area contributed by atoms with Crippen LogP contribution in [0.4, 0.5) is 0 Å². The summed E-state index contributed by atoms with van der Waals surface area (Å²) in [5, 5.41) is 3.36. The van der Waals surface area contributed by atoms with Gasteiger partial charge in [-0.1, -0.05) is 12.1 Å². The van der Waals surface area contributed by atoms with Crippen LogP contribution < -0.4 is 10.9 Å². The number of rotatable bonds is 1. The highest BCUT2D eigenvalue weighted by atomic mass is 16.1. The van der Waals surface area contributed by atoms with Crippen molar-refractivity contribution in [2.75, 3.05) is 0 Å². The van der Waals surface area contributed by atoms with E-state index < -0.39 is 0 Å². The Bertz CT molecular complexity index is 713. The molecule has 2 heterocycles. The number of nitrogens with one attached hydrogen (secondary N) is 1. The number of benzene rings is 1. The second-order valence-corrected chi connectivity index (χ2v) is 5.30. The summed E-state index contributed by atoms with van der Waals surface area (Å²) >= 11 is 0. The van der Waals surface area contributed by atoms with Crippen LogP contribution in [0.3, 0.4) is 0 Å². The molecule has 3 nitrogen and oxygen atoms in total. The Hall–Kier alpha value is -1.87. The lowest BCUT2D eigenvalue weighted by Gasteiger charge is -2.12. The number of nitrogens with zero attached hydrogens (tertiary/aromatic N) is 1. The van der Waals surface area contributed by atoms with Crippen LogP contribution in [0.2, 0.25) is 0 Å². The lowest BCUT2D eigenvalue weighted by atomic mass is 9.96. The molecule has 0 amide bonds. The smallest absolute Gasteiger partial charge is 0.253 e. The molecule has 3 rings (SSSR count). The highest BCUT2D eigenvalue weighted by Gasteiger charge is 2.13. The van der Waals surface area contributed by atoms with Crippen molar-refractivity contribution in [2.24, 2.45) is 7.05 Å². The van der Waals surface area contributed by atoms with Crippen molar-refractivity contribution < 1.29 is 0 Å². The summed E-state index contributed by atoms with van der Waals surface area (Å²) in [5.41, 5.74) is 7.08. The summed E-state index contributed by atoms with van der Waals surface area (Å²) in [5.74, 6) is 0. The van der Waals surface area contributed by atoms with Gasteiger partial charge in [-0.2, -0.15) is 0 Å². The molecule has 1 aliphatic heterocycles. The SMILES string of the molecule is Cc1c(-c2ccc3c(c2)CNC3)cn(C)c(=O)c1C. The van der Waals surface area contributed by atoms with E-state index in [0.717, 1.165) is 29.8 Å². The maximum absolute atomic E-state index is 11.9. The van der Waals surface area contributed by atoms with Gasteiger partial charge in [0.25, 0.3) is 5.56 Å². The van der Waals surface area contributed by atoms with E-state index in [2.05, 4.69) is 23.5 Å². The Morgan fingerprint density at radius 1 is 1.11 bits per heavy atom. The van der Waals surface area contributed by atoms with E-state index in [1.807, 2.05) is 27.1 Å². The van der Waals surface area contributed by atoms with Gasteiger partial charge in [-0.3, -0.25) is 4.79 Å². The summed E-state index contributed by atoms with van der Waals surface area (Å²) in [7, 11) is 1.81. The normalized spacial score (nSPS) is 13.6. The van der Waals surface area contributed by atoms with Crippen LogP contribution in [0, 0.1) is 13.8 Å². The van der Waals surface area contributed by atoms with Crippen molar-refractivity contribution >= 4 is 0 Å². The number of fused-ring (bicyclic) bond motifs is 1. The van der Waals surface area contributed by atoms with E-state index in [1.54, 1.807) is 4.57 Å². The minimum absolute atomic E-state index is 0.0871.